The van der Waals surface area contributed by atoms with Crippen LogP contribution < -0.4 is 0 Å². The first-order valence-corrected chi connectivity index (χ1v) is 7.71. The molecule has 3 rings (SSSR count). The highest BCUT2D eigenvalue weighted by Gasteiger charge is 2.28. The summed E-state index contributed by atoms with van der Waals surface area (Å²) in [7, 11) is 0. The number of amides is 1. The molecule has 2 heterocycles. The normalized spacial score (nSPS) is 18.2. The second-order valence-electron chi connectivity index (χ2n) is 5.91. The molecule has 2 aromatic rings. The highest BCUT2D eigenvalue weighted by atomic mass is 19.3. The Morgan fingerprint density at radius 3 is 2.88 bits per heavy atom. The fourth-order valence-electron chi connectivity index (χ4n) is 2.94. The van der Waals surface area contributed by atoms with E-state index < -0.39 is 17.8 Å². The van der Waals surface area contributed by atoms with Gasteiger partial charge in [-0.3, -0.25) is 9.89 Å². The van der Waals surface area contributed by atoms with Gasteiger partial charge >= 0.3 is 0 Å². The van der Waals surface area contributed by atoms with Crippen molar-refractivity contribution in [3.8, 4) is 0 Å². The van der Waals surface area contributed by atoms with E-state index in [0.29, 0.717) is 24.7 Å². The van der Waals surface area contributed by atoms with E-state index in [1.807, 2.05) is 0 Å². The van der Waals surface area contributed by atoms with Crippen molar-refractivity contribution < 1.29 is 18.0 Å². The third-order valence-electron chi connectivity index (χ3n) is 4.17. The maximum absolute atomic E-state index is 13.4. The number of nitrogens with one attached hydrogen (secondary N) is 1. The van der Waals surface area contributed by atoms with Crippen LogP contribution in [-0.2, 0) is 0 Å². The highest BCUT2D eigenvalue weighted by Crippen LogP contribution is 2.27. The van der Waals surface area contributed by atoms with E-state index in [0.717, 1.165) is 25.0 Å². The topological polar surface area (TPSA) is 61.9 Å². The van der Waals surface area contributed by atoms with Crippen molar-refractivity contribution in [3.63, 3.8) is 0 Å². The number of aromatic amines is 1. The molecule has 0 aliphatic carbocycles. The van der Waals surface area contributed by atoms with Crippen molar-refractivity contribution >= 4 is 5.91 Å². The zero-order valence-corrected chi connectivity index (χ0v) is 13.1. The number of alkyl halides is 2. The van der Waals surface area contributed by atoms with Crippen LogP contribution in [0, 0.1) is 12.7 Å². The third-order valence-corrected chi connectivity index (χ3v) is 4.17. The summed E-state index contributed by atoms with van der Waals surface area (Å²) in [5.41, 5.74) is -0.683. The lowest BCUT2D eigenvalue weighted by Crippen LogP contribution is -2.39. The van der Waals surface area contributed by atoms with Crippen LogP contribution in [0.1, 0.15) is 52.8 Å². The number of carbonyl (C=O) groups excluding carboxylic acids is 1. The lowest BCUT2D eigenvalue weighted by atomic mass is 9.96. The van der Waals surface area contributed by atoms with Gasteiger partial charge in [0.05, 0.1) is 5.56 Å². The molecule has 1 aliphatic rings. The van der Waals surface area contributed by atoms with Crippen molar-refractivity contribution in [2.24, 2.45) is 0 Å². The average molecular weight is 338 g/mol. The molecule has 1 fully saturated rings. The van der Waals surface area contributed by atoms with Crippen LogP contribution in [0.2, 0.25) is 0 Å². The SMILES string of the molecule is Cc1nc(C2CCCN(C(=O)c3ccc(F)c(C(F)F)c3)C2)n[nH]1. The summed E-state index contributed by atoms with van der Waals surface area (Å²) >= 11 is 0. The van der Waals surface area contributed by atoms with Crippen LogP contribution in [0.5, 0.6) is 0 Å². The van der Waals surface area contributed by atoms with Gasteiger partial charge in [0, 0.05) is 24.6 Å². The zero-order valence-electron chi connectivity index (χ0n) is 13.1. The number of carbonyl (C=O) groups is 1. The summed E-state index contributed by atoms with van der Waals surface area (Å²) in [6.45, 7) is 2.74. The van der Waals surface area contributed by atoms with Crippen molar-refractivity contribution in [2.75, 3.05) is 13.1 Å². The van der Waals surface area contributed by atoms with Gasteiger partial charge in [-0.15, -0.1) is 0 Å². The maximum atomic E-state index is 13.4. The molecule has 1 N–H and O–H groups in total. The summed E-state index contributed by atoms with van der Waals surface area (Å²) in [5, 5.41) is 6.91. The van der Waals surface area contributed by atoms with Gasteiger partial charge < -0.3 is 4.90 Å². The lowest BCUT2D eigenvalue weighted by molar-refractivity contribution is 0.0704. The molecular weight excluding hydrogens is 321 g/mol. The summed E-state index contributed by atoms with van der Waals surface area (Å²) in [6, 6.07) is 3.09. The molecule has 1 amide bonds. The van der Waals surface area contributed by atoms with Gasteiger partial charge in [0.25, 0.3) is 12.3 Å². The molecule has 1 unspecified atom stereocenters. The van der Waals surface area contributed by atoms with Gasteiger partial charge in [-0.25, -0.2) is 18.2 Å². The molecule has 5 nitrogen and oxygen atoms in total. The highest BCUT2D eigenvalue weighted by molar-refractivity contribution is 5.94. The Bertz CT molecular complexity index is 747. The molecule has 24 heavy (non-hydrogen) atoms. The van der Waals surface area contributed by atoms with E-state index in [4.69, 9.17) is 0 Å². The number of piperidine rings is 1. The largest absolute Gasteiger partial charge is 0.338 e. The fourth-order valence-corrected chi connectivity index (χ4v) is 2.94. The Morgan fingerprint density at radius 2 is 2.21 bits per heavy atom. The minimum atomic E-state index is -2.96. The summed E-state index contributed by atoms with van der Waals surface area (Å²) in [4.78, 5) is 18.5. The number of hydrogen-bond acceptors (Lipinski definition) is 3. The monoisotopic (exact) mass is 338 g/mol. The second kappa shape index (κ2) is 6.62. The number of rotatable bonds is 3. The van der Waals surface area contributed by atoms with Crippen LogP contribution >= 0.6 is 0 Å². The number of hydrogen-bond donors (Lipinski definition) is 1. The number of benzene rings is 1. The molecular formula is C16H17F3N4O. The van der Waals surface area contributed by atoms with Gasteiger partial charge in [-0.05, 0) is 38.0 Å². The quantitative estimate of drug-likeness (QED) is 0.935. The Hall–Kier alpha value is -2.38. The van der Waals surface area contributed by atoms with Gasteiger partial charge in [-0.2, -0.15) is 5.10 Å². The molecule has 0 saturated carbocycles. The van der Waals surface area contributed by atoms with E-state index >= 15 is 0 Å². The summed E-state index contributed by atoms with van der Waals surface area (Å²) in [6.07, 6.45) is -1.33. The molecule has 8 heteroatoms. The van der Waals surface area contributed by atoms with E-state index in [2.05, 4.69) is 15.2 Å². The molecule has 1 aliphatic heterocycles. The number of halogens is 3. The number of nitrogens with zero attached hydrogens (tertiary/aromatic N) is 3. The number of aryl methyl sites for hydroxylation is 1. The standard InChI is InChI=1S/C16H17F3N4O/c1-9-20-15(22-21-9)11-3-2-6-23(8-11)16(24)10-4-5-13(17)12(7-10)14(18)19/h4-5,7,11,14H,2-3,6,8H2,1H3,(H,20,21,22). The number of likely N-dealkylation sites (tertiary alicyclic amines) is 1. The van der Waals surface area contributed by atoms with E-state index in [1.54, 1.807) is 11.8 Å². The van der Waals surface area contributed by atoms with Crippen molar-refractivity contribution in [3.05, 3.63) is 46.8 Å². The second-order valence-corrected chi connectivity index (χ2v) is 5.91. The molecule has 1 aromatic heterocycles. The van der Waals surface area contributed by atoms with Crippen molar-refractivity contribution in [1.29, 1.82) is 0 Å². The molecule has 128 valence electrons. The summed E-state index contributed by atoms with van der Waals surface area (Å²) < 4.78 is 39.0. The molecule has 0 spiro atoms. The molecule has 0 radical (unpaired) electrons. The predicted octanol–water partition coefficient (Wildman–Crippen LogP) is 3.21. The Kier molecular flexibility index (Phi) is 4.55. The Labute approximate surface area is 136 Å². The fraction of sp³-hybridized carbons (Fsp3) is 0.438. The first kappa shape index (κ1) is 16.5. The smallest absolute Gasteiger partial charge is 0.266 e. The van der Waals surface area contributed by atoms with E-state index in [9.17, 15) is 18.0 Å². The minimum absolute atomic E-state index is 0.00247. The molecule has 1 atom stereocenters. The van der Waals surface area contributed by atoms with Crippen LogP contribution in [0.25, 0.3) is 0 Å². The Balaban J connectivity index is 1.78. The third kappa shape index (κ3) is 3.27. The first-order chi connectivity index (χ1) is 11.5. The number of H-pyrrole nitrogens is 1. The first-order valence-electron chi connectivity index (χ1n) is 7.71. The van der Waals surface area contributed by atoms with Gasteiger partial charge in [0.1, 0.15) is 11.6 Å². The van der Waals surface area contributed by atoms with Crippen LogP contribution in [-0.4, -0.2) is 39.1 Å². The predicted molar refractivity (Wildman–Crippen MR) is 80.4 cm³/mol. The zero-order chi connectivity index (χ0) is 17.3. The van der Waals surface area contributed by atoms with Gasteiger partial charge in [-0.1, -0.05) is 0 Å². The number of aromatic nitrogens is 3. The van der Waals surface area contributed by atoms with E-state index in [1.165, 1.54) is 6.07 Å². The van der Waals surface area contributed by atoms with Crippen LogP contribution in [0.15, 0.2) is 18.2 Å². The Morgan fingerprint density at radius 1 is 1.42 bits per heavy atom. The summed E-state index contributed by atoms with van der Waals surface area (Å²) in [5.74, 6) is -0.0308. The van der Waals surface area contributed by atoms with Crippen molar-refractivity contribution in [1.82, 2.24) is 20.1 Å². The van der Waals surface area contributed by atoms with Crippen molar-refractivity contribution in [2.45, 2.75) is 32.1 Å². The minimum Gasteiger partial charge on any atom is -0.338 e. The lowest BCUT2D eigenvalue weighted by Gasteiger charge is -2.31. The molecule has 1 saturated heterocycles. The van der Waals surface area contributed by atoms with Crippen LogP contribution in [0.3, 0.4) is 0 Å². The maximum Gasteiger partial charge on any atom is 0.266 e. The van der Waals surface area contributed by atoms with Gasteiger partial charge in [0.2, 0.25) is 0 Å². The molecule has 1 aromatic carbocycles. The van der Waals surface area contributed by atoms with E-state index in [-0.39, 0.29) is 17.4 Å². The molecule has 0 bridgehead atoms. The average Bonchev–Trinajstić information content (AvgIpc) is 3.01. The van der Waals surface area contributed by atoms with Crippen LogP contribution in [0.4, 0.5) is 13.2 Å². The van der Waals surface area contributed by atoms with Gasteiger partial charge in [0.15, 0.2) is 5.82 Å².